The summed E-state index contributed by atoms with van der Waals surface area (Å²) in [6.07, 6.45) is -0.0939. The number of hydrogen-bond acceptors (Lipinski definition) is 6. The molecule has 0 aliphatic rings. The molecule has 2 amide bonds. The monoisotopic (exact) mass is 411 g/mol. The highest BCUT2D eigenvalue weighted by atomic mass is 16.5. The van der Waals surface area contributed by atoms with Crippen LogP contribution in [-0.2, 0) is 20.9 Å². The van der Waals surface area contributed by atoms with Gasteiger partial charge in [0.1, 0.15) is 0 Å². The van der Waals surface area contributed by atoms with Crippen LogP contribution in [0.2, 0.25) is 0 Å². The van der Waals surface area contributed by atoms with E-state index >= 15 is 0 Å². The standard InChI is InChI=1S/C21H21N3O6/c1-2-22-20(27)14-6-5-7-15(12-14)23-18(25)13-29-19(26)10-11-24-16-8-3-4-9-17(16)30-21(24)28/h3-9,12H,2,10-11,13H2,1H3,(H,22,27)(H,23,25). The van der Waals surface area contributed by atoms with Crippen molar-refractivity contribution >= 4 is 34.6 Å². The van der Waals surface area contributed by atoms with Crippen molar-refractivity contribution in [3.63, 3.8) is 0 Å². The molecule has 9 nitrogen and oxygen atoms in total. The lowest BCUT2D eigenvalue weighted by Crippen LogP contribution is -2.24. The maximum absolute atomic E-state index is 12.0. The van der Waals surface area contributed by atoms with Gasteiger partial charge in [0, 0.05) is 24.3 Å². The molecule has 0 saturated carbocycles. The van der Waals surface area contributed by atoms with Crippen LogP contribution in [0.15, 0.2) is 57.7 Å². The first kappa shape index (κ1) is 20.8. The van der Waals surface area contributed by atoms with Crippen molar-refractivity contribution in [2.24, 2.45) is 0 Å². The predicted molar refractivity (Wildman–Crippen MR) is 109 cm³/mol. The Balaban J connectivity index is 1.49. The number of para-hydroxylation sites is 2. The Bertz CT molecular complexity index is 1130. The Labute approximate surface area is 171 Å². The normalized spacial score (nSPS) is 10.6. The highest BCUT2D eigenvalue weighted by Crippen LogP contribution is 2.13. The molecular weight excluding hydrogens is 390 g/mol. The summed E-state index contributed by atoms with van der Waals surface area (Å²) in [6.45, 7) is 1.89. The molecule has 0 bridgehead atoms. The Morgan fingerprint density at radius 1 is 1.10 bits per heavy atom. The molecule has 0 unspecified atom stereocenters. The van der Waals surface area contributed by atoms with Crippen molar-refractivity contribution in [1.82, 2.24) is 9.88 Å². The summed E-state index contributed by atoms with van der Waals surface area (Å²) in [7, 11) is 0. The number of aryl methyl sites for hydroxylation is 1. The van der Waals surface area contributed by atoms with E-state index in [0.29, 0.717) is 28.9 Å². The summed E-state index contributed by atoms with van der Waals surface area (Å²) < 4.78 is 11.4. The number of hydrogen-bond donors (Lipinski definition) is 2. The van der Waals surface area contributed by atoms with Gasteiger partial charge in [-0.2, -0.15) is 0 Å². The first-order chi connectivity index (χ1) is 14.5. The van der Waals surface area contributed by atoms with Gasteiger partial charge in [0.2, 0.25) is 0 Å². The van der Waals surface area contributed by atoms with Gasteiger partial charge in [0.05, 0.1) is 11.9 Å². The van der Waals surface area contributed by atoms with Crippen LogP contribution in [0.4, 0.5) is 5.69 Å². The second-order valence-corrected chi connectivity index (χ2v) is 6.39. The van der Waals surface area contributed by atoms with Crippen molar-refractivity contribution in [3.05, 3.63) is 64.6 Å². The van der Waals surface area contributed by atoms with Gasteiger partial charge in [-0.25, -0.2) is 4.79 Å². The average Bonchev–Trinajstić information content (AvgIpc) is 3.06. The molecule has 2 aromatic carbocycles. The quantitative estimate of drug-likeness (QED) is 0.547. The second-order valence-electron chi connectivity index (χ2n) is 6.39. The van der Waals surface area contributed by atoms with E-state index in [1.54, 1.807) is 42.5 Å². The van der Waals surface area contributed by atoms with Gasteiger partial charge >= 0.3 is 11.7 Å². The molecule has 0 aliphatic heterocycles. The van der Waals surface area contributed by atoms with Crippen molar-refractivity contribution in [3.8, 4) is 0 Å². The molecule has 30 heavy (non-hydrogen) atoms. The lowest BCUT2D eigenvalue weighted by atomic mass is 10.2. The maximum atomic E-state index is 12.0. The summed E-state index contributed by atoms with van der Waals surface area (Å²) >= 11 is 0. The number of benzene rings is 2. The van der Waals surface area contributed by atoms with Crippen molar-refractivity contribution in [2.75, 3.05) is 18.5 Å². The van der Waals surface area contributed by atoms with Crippen LogP contribution in [-0.4, -0.2) is 35.5 Å². The van der Waals surface area contributed by atoms with Crippen LogP contribution in [0.1, 0.15) is 23.7 Å². The van der Waals surface area contributed by atoms with Gasteiger partial charge in [-0.1, -0.05) is 18.2 Å². The topological polar surface area (TPSA) is 120 Å². The fraction of sp³-hybridized carbons (Fsp3) is 0.238. The average molecular weight is 411 g/mol. The van der Waals surface area contributed by atoms with E-state index in [1.807, 2.05) is 6.92 Å². The molecule has 156 valence electrons. The Morgan fingerprint density at radius 3 is 2.70 bits per heavy atom. The SMILES string of the molecule is CCNC(=O)c1cccc(NC(=O)COC(=O)CCn2c(=O)oc3ccccc32)c1. The summed E-state index contributed by atoms with van der Waals surface area (Å²) in [5, 5.41) is 5.24. The first-order valence-electron chi connectivity index (χ1n) is 9.40. The molecule has 3 aromatic rings. The number of aromatic nitrogens is 1. The minimum atomic E-state index is -0.626. The molecule has 0 spiro atoms. The van der Waals surface area contributed by atoms with E-state index in [2.05, 4.69) is 10.6 Å². The highest BCUT2D eigenvalue weighted by molar-refractivity contribution is 5.97. The van der Waals surface area contributed by atoms with Gasteiger partial charge in [0.25, 0.3) is 11.8 Å². The number of oxazole rings is 1. The Hall–Kier alpha value is -3.88. The molecule has 1 aromatic heterocycles. The fourth-order valence-corrected chi connectivity index (χ4v) is 2.84. The summed E-state index contributed by atoms with van der Waals surface area (Å²) in [5.41, 5.74) is 1.84. The van der Waals surface area contributed by atoms with E-state index in [0.717, 1.165) is 0 Å². The van der Waals surface area contributed by atoms with Gasteiger partial charge in [-0.05, 0) is 37.3 Å². The highest BCUT2D eigenvalue weighted by Gasteiger charge is 2.13. The largest absolute Gasteiger partial charge is 0.456 e. The maximum Gasteiger partial charge on any atom is 0.419 e. The van der Waals surface area contributed by atoms with Gasteiger partial charge in [0.15, 0.2) is 12.2 Å². The first-order valence-corrected chi connectivity index (χ1v) is 9.40. The summed E-state index contributed by atoms with van der Waals surface area (Å²) in [4.78, 5) is 47.7. The van der Waals surface area contributed by atoms with E-state index in [4.69, 9.17) is 9.15 Å². The number of carbonyl (C=O) groups excluding carboxylic acids is 3. The molecular formula is C21H21N3O6. The van der Waals surface area contributed by atoms with Crippen molar-refractivity contribution in [1.29, 1.82) is 0 Å². The zero-order chi connectivity index (χ0) is 21.5. The smallest absolute Gasteiger partial charge is 0.419 e. The molecule has 2 N–H and O–H groups in total. The zero-order valence-corrected chi connectivity index (χ0v) is 16.3. The molecule has 0 radical (unpaired) electrons. The third-order valence-electron chi connectivity index (χ3n) is 4.22. The van der Waals surface area contributed by atoms with Gasteiger partial charge in [-0.3, -0.25) is 19.0 Å². The van der Waals surface area contributed by atoms with E-state index in [1.165, 1.54) is 10.6 Å². The fourth-order valence-electron chi connectivity index (χ4n) is 2.84. The summed E-state index contributed by atoms with van der Waals surface area (Å²) in [6, 6.07) is 13.3. The van der Waals surface area contributed by atoms with Crippen molar-refractivity contribution < 1.29 is 23.5 Å². The Kier molecular flexibility index (Phi) is 6.63. The second kappa shape index (κ2) is 9.55. The lowest BCUT2D eigenvalue weighted by molar-refractivity contribution is -0.147. The van der Waals surface area contributed by atoms with Crippen LogP contribution in [0, 0.1) is 0 Å². The molecule has 1 heterocycles. The van der Waals surface area contributed by atoms with E-state index in [9.17, 15) is 19.2 Å². The van der Waals surface area contributed by atoms with Crippen LogP contribution < -0.4 is 16.4 Å². The number of rotatable bonds is 8. The van der Waals surface area contributed by atoms with Crippen LogP contribution in [0.5, 0.6) is 0 Å². The number of anilines is 1. The molecule has 0 saturated heterocycles. The third kappa shape index (κ3) is 5.13. The van der Waals surface area contributed by atoms with Crippen molar-refractivity contribution in [2.45, 2.75) is 19.9 Å². The number of carbonyl (C=O) groups is 3. The minimum Gasteiger partial charge on any atom is -0.456 e. The van der Waals surface area contributed by atoms with Crippen LogP contribution in [0.25, 0.3) is 11.1 Å². The van der Waals surface area contributed by atoms with Gasteiger partial charge < -0.3 is 19.8 Å². The van der Waals surface area contributed by atoms with Crippen LogP contribution >= 0.6 is 0 Å². The molecule has 0 aliphatic carbocycles. The third-order valence-corrected chi connectivity index (χ3v) is 4.22. The van der Waals surface area contributed by atoms with Crippen LogP contribution in [0.3, 0.4) is 0 Å². The minimum absolute atomic E-state index is 0.0743. The Morgan fingerprint density at radius 2 is 1.90 bits per heavy atom. The number of nitrogens with one attached hydrogen (secondary N) is 2. The van der Waals surface area contributed by atoms with Gasteiger partial charge in [-0.15, -0.1) is 0 Å². The summed E-state index contributed by atoms with van der Waals surface area (Å²) in [5.74, 6) is -1.98. The van der Waals surface area contributed by atoms with E-state index in [-0.39, 0.29) is 18.9 Å². The molecule has 9 heteroatoms. The number of nitrogens with zero attached hydrogens (tertiary/aromatic N) is 1. The lowest BCUT2D eigenvalue weighted by Gasteiger charge is -2.08. The molecule has 3 rings (SSSR count). The zero-order valence-electron chi connectivity index (χ0n) is 16.3. The number of esters is 1. The number of fused-ring (bicyclic) bond motifs is 1. The number of amides is 2. The predicted octanol–water partition coefficient (Wildman–Crippen LogP) is 1.92. The number of ether oxygens (including phenoxy) is 1. The molecule has 0 fully saturated rings. The molecule has 0 atom stereocenters. The van der Waals surface area contributed by atoms with E-state index < -0.39 is 24.2 Å².